The molecule has 0 spiro atoms. The Labute approximate surface area is 190 Å². The quantitative estimate of drug-likeness (QED) is 0.161. The summed E-state index contributed by atoms with van der Waals surface area (Å²) in [5.74, 6) is 1.18. The molecular formula is C21H41ClN5O4+. The van der Waals surface area contributed by atoms with E-state index in [-0.39, 0.29) is 17.8 Å². The van der Waals surface area contributed by atoms with Gasteiger partial charge in [0.05, 0.1) is 31.3 Å². The van der Waals surface area contributed by atoms with Gasteiger partial charge >= 0.3 is 0 Å². The maximum Gasteiger partial charge on any atom is 0.144 e. The number of nitrogens with zero attached hydrogens (tertiary/aromatic N) is 1. The first-order valence-electron chi connectivity index (χ1n) is 12.1. The molecule has 1 aliphatic heterocycles. The van der Waals surface area contributed by atoms with E-state index < -0.39 is 22.5 Å². The second-order valence-corrected chi connectivity index (χ2v) is 10.5. The van der Waals surface area contributed by atoms with Gasteiger partial charge in [0, 0.05) is 23.6 Å². The Bertz CT molecular complexity index is 574. The average Bonchev–Trinajstić information content (AvgIpc) is 2.77. The van der Waals surface area contributed by atoms with Crippen molar-refractivity contribution in [1.82, 2.24) is 5.43 Å². The lowest BCUT2D eigenvalue weighted by Crippen LogP contribution is -3.15. The van der Waals surface area contributed by atoms with E-state index >= 15 is 0 Å². The third kappa shape index (κ3) is 7.23. The average molecular weight is 463 g/mol. The smallest absolute Gasteiger partial charge is 0.144 e. The van der Waals surface area contributed by atoms with Crippen LogP contribution in [0.1, 0.15) is 71.1 Å². The van der Waals surface area contributed by atoms with Crippen molar-refractivity contribution in [3.8, 4) is 0 Å². The summed E-state index contributed by atoms with van der Waals surface area (Å²) >= 11 is 6.33. The van der Waals surface area contributed by atoms with Gasteiger partial charge < -0.3 is 20.7 Å². The van der Waals surface area contributed by atoms with Crippen molar-refractivity contribution in [3.05, 3.63) is 10.4 Å². The number of likely N-dealkylation sites (tertiary alicyclic amines) is 1. The van der Waals surface area contributed by atoms with Crippen molar-refractivity contribution < 1.29 is 25.8 Å². The van der Waals surface area contributed by atoms with E-state index in [0.717, 1.165) is 43.9 Å². The summed E-state index contributed by atoms with van der Waals surface area (Å²) in [7, 11) is 0. The highest BCUT2D eigenvalue weighted by atomic mass is 35.5. The lowest BCUT2D eigenvalue weighted by Gasteiger charge is -2.39. The number of piperidine rings is 1. The number of quaternary nitrogens is 3. The Balaban J connectivity index is 1.68. The predicted octanol–water partition coefficient (Wildman–Crippen LogP) is -0.732. The molecule has 6 N–H and O–H groups in total. The van der Waals surface area contributed by atoms with Crippen LogP contribution in [-0.4, -0.2) is 59.3 Å². The monoisotopic (exact) mass is 462 g/mol. The predicted molar refractivity (Wildman–Crippen MR) is 118 cm³/mol. The highest BCUT2D eigenvalue weighted by molar-refractivity contribution is 6.20. The molecule has 3 aliphatic rings. The fourth-order valence-electron chi connectivity index (χ4n) is 5.67. The molecule has 0 aromatic heterocycles. The molecule has 0 bridgehead atoms. The summed E-state index contributed by atoms with van der Waals surface area (Å²) in [6.07, 6.45) is 9.04. The first kappa shape index (κ1) is 25.1. The standard InChI is InChI=1S/C21H40ClN5O4/c1-2-15-4-3-11-25(13-15)14-20(16-5-7-17(22)8-6-16)24-23-19-10-9-18(26(28)29)12-21(19)27(30)31/h15-19,21,23,26-28,30H,2-14H2,1H3/p+1. The summed E-state index contributed by atoms with van der Waals surface area (Å²) in [6.45, 7) is 5.53. The molecule has 3 fully saturated rings. The fraction of sp³-hybridized carbons (Fsp3) is 0.952. The zero-order valence-corrected chi connectivity index (χ0v) is 19.4. The maximum atomic E-state index is 11.8. The Kier molecular flexibility index (Phi) is 9.79. The highest BCUT2D eigenvalue weighted by Crippen LogP contribution is 2.28. The molecule has 3 rings (SSSR count). The number of hydrazone groups is 1. The summed E-state index contributed by atoms with van der Waals surface area (Å²) in [4.78, 5) is 1.58. The van der Waals surface area contributed by atoms with Crippen LogP contribution in [0, 0.1) is 22.3 Å². The second-order valence-electron chi connectivity index (χ2n) is 9.88. The van der Waals surface area contributed by atoms with Crippen molar-refractivity contribution in [2.75, 3.05) is 19.6 Å². The Hall–Kier alpha value is -0.520. The first-order valence-corrected chi connectivity index (χ1v) is 12.6. The van der Waals surface area contributed by atoms with E-state index in [1.807, 2.05) is 0 Å². The van der Waals surface area contributed by atoms with E-state index in [2.05, 4.69) is 12.3 Å². The SMILES string of the molecule is CCC1CCC[NH+](CC(=NNC2CCC([NH+]([O-])O)CC2[NH+]([O-])O)C2CCC(Cl)CC2)C1. The molecule has 0 amide bonds. The third-order valence-electron chi connectivity index (χ3n) is 7.75. The van der Waals surface area contributed by atoms with Crippen molar-refractivity contribution in [3.63, 3.8) is 0 Å². The minimum Gasteiger partial charge on any atom is -0.600 e. The molecule has 0 aromatic rings. The minimum atomic E-state index is -0.935. The summed E-state index contributed by atoms with van der Waals surface area (Å²) < 4.78 is 0. The Morgan fingerprint density at radius 2 is 1.84 bits per heavy atom. The molecular weight excluding hydrogens is 422 g/mol. The largest absolute Gasteiger partial charge is 0.600 e. The van der Waals surface area contributed by atoms with Crippen LogP contribution in [0.15, 0.2) is 5.10 Å². The highest BCUT2D eigenvalue weighted by Gasteiger charge is 2.38. The second kappa shape index (κ2) is 12.1. The van der Waals surface area contributed by atoms with Crippen LogP contribution < -0.4 is 20.8 Å². The van der Waals surface area contributed by atoms with Crippen LogP contribution in [0.4, 0.5) is 0 Å². The normalized spacial score (nSPS) is 39.7. The molecule has 180 valence electrons. The van der Waals surface area contributed by atoms with Gasteiger partial charge in [0.15, 0.2) is 0 Å². The van der Waals surface area contributed by atoms with Gasteiger partial charge in [0.25, 0.3) is 0 Å². The molecule has 2 aliphatic carbocycles. The van der Waals surface area contributed by atoms with Crippen LogP contribution in [-0.2, 0) is 0 Å². The molecule has 0 aromatic carbocycles. The lowest BCUT2D eigenvalue weighted by molar-refractivity contribution is -1.09. The van der Waals surface area contributed by atoms with E-state index in [0.29, 0.717) is 18.8 Å². The molecule has 31 heavy (non-hydrogen) atoms. The van der Waals surface area contributed by atoms with Crippen LogP contribution in [0.5, 0.6) is 0 Å². The van der Waals surface area contributed by atoms with E-state index in [4.69, 9.17) is 16.7 Å². The summed E-state index contributed by atoms with van der Waals surface area (Å²) in [5, 5.41) is 45.4. The van der Waals surface area contributed by atoms with Crippen molar-refractivity contribution in [2.24, 2.45) is 16.9 Å². The number of rotatable bonds is 8. The van der Waals surface area contributed by atoms with Crippen LogP contribution >= 0.6 is 11.6 Å². The van der Waals surface area contributed by atoms with Gasteiger partial charge in [0.2, 0.25) is 0 Å². The molecule has 7 atom stereocenters. The fourth-order valence-corrected chi connectivity index (χ4v) is 5.92. The van der Waals surface area contributed by atoms with E-state index in [1.165, 1.54) is 32.4 Å². The third-order valence-corrected chi connectivity index (χ3v) is 8.18. The van der Waals surface area contributed by atoms with Crippen molar-refractivity contribution in [2.45, 2.75) is 94.6 Å². The maximum absolute atomic E-state index is 11.8. The first-order chi connectivity index (χ1) is 14.9. The number of halogens is 1. The molecule has 1 heterocycles. The van der Waals surface area contributed by atoms with Gasteiger partial charge in [-0.05, 0) is 51.4 Å². The van der Waals surface area contributed by atoms with Gasteiger partial charge in [-0.15, -0.1) is 11.6 Å². The number of hydrogen-bond acceptors (Lipinski definition) is 6. The molecule has 1 saturated heterocycles. The van der Waals surface area contributed by atoms with Gasteiger partial charge in [-0.25, -0.2) is 20.9 Å². The van der Waals surface area contributed by atoms with Crippen LogP contribution in [0.3, 0.4) is 0 Å². The van der Waals surface area contributed by atoms with Gasteiger partial charge in [0.1, 0.15) is 18.6 Å². The Morgan fingerprint density at radius 3 is 2.48 bits per heavy atom. The van der Waals surface area contributed by atoms with Crippen LogP contribution in [0.25, 0.3) is 0 Å². The molecule has 9 nitrogen and oxygen atoms in total. The molecule has 0 radical (unpaired) electrons. The number of alkyl halides is 1. The van der Waals surface area contributed by atoms with Gasteiger partial charge in [-0.2, -0.15) is 5.10 Å². The Morgan fingerprint density at radius 1 is 1.10 bits per heavy atom. The van der Waals surface area contributed by atoms with E-state index in [9.17, 15) is 20.8 Å². The zero-order chi connectivity index (χ0) is 22.4. The summed E-state index contributed by atoms with van der Waals surface area (Å²) in [6, 6.07) is -1.61. The van der Waals surface area contributed by atoms with Crippen LogP contribution in [0.2, 0.25) is 0 Å². The lowest BCUT2D eigenvalue weighted by atomic mass is 9.84. The summed E-state index contributed by atoms with van der Waals surface area (Å²) in [5.41, 5.74) is 4.36. The number of hydrogen-bond donors (Lipinski definition) is 6. The molecule has 10 heteroatoms. The van der Waals surface area contributed by atoms with Crippen molar-refractivity contribution in [1.29, 1.82) is 0 Å². The zero-order valence-electron chi connectivity index (χ0n) is 18.7. The van der Waals surface area contributed by atoms with Gasteiger partial charge in [-0.3, -0.25) is 0 Å². The van der Waals surface area contributed by atoms with Crippen molar-refractivity contribution >= 4 is 17.3 Å². The number of hydroxylamine groups is 4. The number of nitrogens with one attached hydrogen (secondary N) is 4. The minimum absolute atomic E-state index is 0.167. The topological polar surface area (TPSA) is 124 Å². The molecule has 7 unspecified atom stereocenters. The molecule has 2 saturated carbocycles. The van der Waals surface area contributed by atoms with Gasteiger partial charge in [-0.1, -0.05) is 6.92 Å². The van der Waals surface area contributed by atoms with E-state index in [1.54, 1.807) is 4.90 Å².